The lowest BCUT2D eigenvalue weighted by molar-refractivity contribution is 0.630. The van der Waals surface area contributed by atoms with Crippen LogP contribution >= 0.6 is 0 Å². The Hall–Kier alpha value is -5.97. The van der Waals surface area contributed by atoms with E-state index in [0.29, 0.717) is 5.56 Å². The van der Waals surface area contributed by atoms with Crippen molar-refractivity contribution >= 4 is 22.7 Å². The monoisotopic (exact) mass is 541 g/mol. The van der Waals surface area contributed by atoms with E-state index < -0.39 is 5.82 Å². The number of anilines is 3. The van der Waals surface area contributed by atoms with Gasteiger partial charge in [-0.15, -0.1) is 0 Å². The smallest absolute Gasteiger partial charge is 0.224 e. The lowest BCUT2D eigenvalue weighted by Gasteiger charge is -2.26. The zero-order valence-electron chi connectivity index (χ0n) is 22.6. The van der Waals surface area contributed by atoms with E-state index in [1.165, 1.54) is 12.1 Å². The third kappa shape index (κ3) is 5.26. The number of halogens is 1. The molecule has 0 unspecified atom stereocenters. The average Bonchev–Trinajstić information content (AvgIpc) is 3.07. The van der Waals surface area contributed by atoms with E-state index in [9.17, 15) is 9.65 Å². The highest BCUT2D eigenvalue weighted by atomic mass is 19.1. The summed E-state index contributed by atoms with van der Waals surface area (Å²) in [4.78, 5) is 5.45. The maximum atomic E-state index is 14.3. The van der Waals surface area contributed by atoms with Crippen molar-refractivity contribution in [3.05, 3.63) is 168 Å². The quantitative estimate of drug-likeness (QED) is 0.196. The first-order valence-electron chi connectivity index (χ1n) is 13.5. The maximum absolute atomic E-state index is 14.3. The highest BCUT2D eigenvalue weighted by Gasteiger charge is 2.15. The molecule has 6 aromatic carbocycles. The van der Waals surface area contributed by atoms with Crippen molar-refractivity contribution in [3.8, 4) is 39.4 Å². The molecular weight excluding hydrogens is 517 g/mol. The molecule has 0 bridgehead atoms. The Bertz CT molecular complexity index is 1800. The second-order valence-corrected chi connectivity index (χ2v) is 9.79. The fourth-order valence-corrected chi connectivity index (χ4v) is 5.06. The van der Waals surface area contributed by atoms with Crippen LogP contribution in [0.1, 0.15) is 5.56 Å². The molecular formula is C38H24FN3. The molecule has 0 saturated carbocycles. The molecule has 0 spiro atoms. The lowest BCUT2D eigenvalue weighted by atomic mass is 10.0. The van der Waals surface area contributed by atoms with Gasteiger partial charge in [-0.2, -0.15) is 5.26 Å². The Balaban J connectivity index is 1.40. The van der Waals surface area contributed by atoms with E-state index in [0.717, 1.165) is 44.9 Å². The van der Waals surface area contributed by atoms with Gasteiger partial charge in [0.2, 0.25) is 5.69 Å². The summed E-state index contributed by atoms with van der Waals surface area (Å²) in [6, 6.07) is 50.2. The van der Waals surface area contributed by atoms with E-state index in [1.54, 1.807) is 0 Å². The van der Waals surface area contributed by atoms with Crippen LogP contribution < -0.4 is 4.90 Å². The second kappa shape index (κ2) is 11.6. The molecule has 3 nitrogen and oxygen atoms in total. The van der Waals surface area contributed by atoms with Crippen molar-refractivity contribution in [1.29, 1.82) is 5.26 Å². The van der Waals surface area contributed by atoms with E-state index in [4.69, 9.17) is 6.57 Å². The predicted octanol–water partition coefficient (Wildman–Crippen LogP) is 10.7. The number of rotatable bonds is 6. The standard InChI is InChI=1S/C38H24FN3/c1-41-37-25-32(24-33(26-40)38(37)39)31-16-22-36(23-17-31)42(34-18-12-29(13-19-34)27-8-4-2-5-9-27)35-20-14-30(15-21-35)28-10-6-3-7-11-28/h2-25H. The molecule has 0 saturated heterocycles. The zero-order chi connectivity index (χ0) is 28.9. The summed E-state index contributed by atoms with van der Waals surface area (Å²) < 4.78 is 14.3. The third-order valence-corrected chi connectivity index (χ3v) is 7.22. The van der Waals surface area contributed by atoms with Crippen LogP contribution in [-0.2, 0) is 0 Å². The molecule has 0 aliphatic carbocycles. The lowest BCUT2D eigenvalue weighted by Crippen LogP contribution is -2.09. The Kier molecular flexibility index (Phi) is 7.28. The van der Waals surface area contributed by atoms with Gasteiger partial charge in [0.05, 0.1) is 12.1 Å². The molecule has 4 heteroatoms. The molecule has 0 N–H and O–H groups in total. The van der Waals surface area contributed by atoms with Gasteiger partial charge in [0, 0.05) is 17.1 Å². The van der Waals surface area contributed by atoms with Crippen LogP contribution in [0.3, 0.4) is 0 Å². The normalized spacial score (nSPS) is 10.5. The van der Waals surface area contributed by atoms with Crippen LogP contribution in [-0.4, -0.2) is 0 Å². The molecule has 0 atom stereocenters. The van der Waals surface area contributed by atoms with Gasteiger partial charge in [-0.1, -0.05) is 97.1 Å². The van der Waals surface area contributed by atoms with Crippen LogP contribution in [0.4, 0.5) is 27.1 Å². The van der Waals surface area contributed by atoms with Gasteiger partial charge in [0.1, 0.15) is 11.9 Å². The Labute approximate surface area is 244 Å². The van der Waals surface area contributed by atoms with Crippen LogP contribution in [0.2, 0.25) is 0 Å². The van der Waals surface area contributed by atoms with Gasteiger partial charge < -0.3 is 4.90 Å². The highest BCUT2D eigenvalue weighted by Crippen LogP contribution is 2.38. The van der Waals surface area contributed by atoms with Gasteiger partial charge in [-0.05, 0) is 81.9 Å². The van der Waals surface area contributed by atoms with Crippen LogP contribution in [0.25, 0.3) is 38.2 Å². The first-order chi connectivity index (χ1) is 20.6. The van der Waals surface area contributed by atoms with Gasteiger partial charge >= 0.3 is 0 Å². The number of nitriles is 1. The minimum absolute atomic E-state index is 0.138. The molecule has 42 heavy (non-hydrogen) atoms. The summed E-state index contributed by atoms with van der Waals surface area (Å²) in [6.45, 7) is 7.31. The van der Waals surface area contributed by atoms with E-state index in [-0.39, 0.29) is 11.3 Å². The van der Waals surface area contributed by atoms with Gasteiger partial charge in [-0.3, -0.25) is 0 Å². The molecule has 198 valence electrons. The molecule has 6 aromatic rings. The minimum Gasteiger partial charge on any atom is -0.311 e. The van der Waals surface area contributed by atoms with Crippen molar-refractivity contribution in [1.82, 2.24) is 0 Å². The van der Waals surface area contributed by atoms with Gasteiger partial charge in [0.15, 0.2) is 0 Å². The summed E-state index contributed by atoms with van der Waals surface area (Å²) in [5.41, 5.74) is 8.63. The predicted molar refractivity (Wildman–Crippen MR) is 168 cm³/mol. The Morgan fingerprint density at radius 3 is 1.29 bits per heavy atom. The SMILES string of the molecule is [C-]#[N+]c1cc(-c2ccc(N(c3ccc(-c4ccccc4)cc3)c3ccc(-c4ccccc4)cc3)cc2)cc(C#N)c1F. The molecule has 6 rings (SSSR count). The van der Waals surface area contributed by atoms with Gasteiger partial charge in [0.25, 0.3) is 0 Å². The number of nitrogens with zero attached hydrogens (tertiary/aromatic N) is 3. The number of benzene rings is 6. The first-order valence-corrected chi connectivity index (χ1v) is 13.5. The van der Waals surface area contributed by atoms with Gasteiger partial charge in [-0.25, -0.2) is 9.24 Å². The molecule has 0 fully saturated rings. The minimum atomic E-state index is -0.781. The number of hydrogen-bond donors (Lipinski definition) is 0. The van der Waals surface area contributed by atoms with E-state index >= 15 is 0 Å². The van der Waals surface area contributed by atoms with Crippen molar-refractivity contribution < 1.29 is 4.39 Å². The van der Waals surface area contributed by atoms with Crippen molar-refractivity contribution in [2.45, 2.75) is 0 Å². The van der Waals surface area contributed by atoms with Crippen LogP contribution in [0, 0.1) is 23.7 Å². The summed E-state index contributed by atoms with van der Waals surface area (Å²) in [5.74, 6) is -0.781. The fourth-order valence-electron chi connectivity index (χ4n) is 5.06. The molecule has 0 aliphatic rings. The maximum Gasteiger partial charge on any atom is 0.224 e. The highest BCUT2D eigenvalue weighted by molar-refractivity contribution is 5.81. The summed E-state index contributed by atoms with van der Waals surface area (Å²) in [5, 5.41) is 9.36. The molecule has 0 aromatic heterocycles. The molecule has 0 heterocycles. The fraction of sp³-hybridized carbons (Fsp3) is 0. The Morgan fingerprint density at radius 2 is 0.905 bits per heavy atom. The second-order valence-electron chi connectivity index (χ2n) is 9.79. The van der Waals surface area contributed by atoms with Crippen molar-refractivity contribution in [2.75, 3.05) is 4.90 Å². The first kappa shape index (κ1) is 26.3. The summed E-state index contributed by atoms with van der Waals surface area (Å²) in [7, 11) is 0. The van der Waals surface area contributed by atoms with Crippen LogP contribution in [0.5, 0.6) is 0 Å². The molecule has 0 aliphatic heterocycles. The summed E-state index contributed by atoms with van der Waals surface area (Å²) >= 11 is 0. The third-order valence-electron chi connectivity index (χ3n) is 7.22. The molecule has 0 radical (unpaired) electrons. The largest absolute Gasteiger partial charge is 0.311 e. The summed E-state index contributed by atoms with van der Waals surface area (Å²) in [6.07, 6.45) is 0. The molecule has 0 amide bonds. The number of hydrogen-bond acceptors (Lipinski definition) is 2. The topological polar surface area (TPSA) is 31.4 Å². The zero-order valence-corrected chi connectivity index (χ0v) is 22.6. The Morgan fingerprint density at radius 1 is 0.524 bits per heavy atom. The van der Waals surface area contributed by atoms with Crippen molar-refractivity contribution in [2.24, 2.45) is 0 Å². The van der Waals surface area contributed by atoms with Crippen molar-refractivity contribution in [3.63, 3.8) is 0 Å². The average molecular weight is 542 g/mol. The van der Waals surface area contributed by atoms with E-state index in [1.807, 2.05) is 66.7 Å². The van der Waals surface area contributed by atoms with Crippen LogP contribution in [0.15, 0.2) is 146 Å². The van der Waals surface area contributed by atoms with E-state index in [2.05, 4.69) is 82.5 Å².